The average Bonchev–Trinajstić information content (AvgIpc) is 3.21. The third-order valence-electron chi connectivity index (χ3n) is 5.83. The van der Waals surface area contributed by atoms with Crippen molar-refractivity contribution >= 4 is 11.9 Å². The molecule has 0 radical (unpaired) electrons. The number of carboxylic acids is 1. The quantitative estimate of drug-likeness (QED) is 0.900. The largest absolute Gasteiger partial charge is 0.480 e. The molecule has 0 aromatic carbocycles. The summed E-state index contributed by atoms with van der Waals surface area (Å²) in [4.78, 5) is 30.9. The maximum Gasteiger partial charge on any atom is 0.326 e. The maximum atomic E-state index is 13.1. The number of fused-ring (bicyclic) bond motifs is 1. The first-order valence-corrected chi connectivity index (χ1v) is 9.51. The fourth-order valence-electron chi connectivity index (χ4n) is 4.62. The Labute approximate surface area is 158 Å². The van der Waals surface area contributed by atoms with Gasteiger partial charge in [0.15, 0.2) is 5.82 Å². The molecular weight excluding hydrogens is 344 g/mol. The molecule has 7 heteroatoms. The van der Waals surface area contributed by atoms with Crippen molar-refractivity contribution < 1.29 is 14.7 Å². The SMILES string of the molecule is Cc1cc(C)n(-c2ccc(C(=O)N3[C@H](C(=O)O)C[C@@H]4CCCC[C@@H]43)cn2)n1. The highest BCUT2D eigenvalue weighted by atomic mass is 16.4. The van der Waals surface area contributed by atoms with Gasteiger partial charge in [0.05, 0.1) is 11.3 Å². The number of hydrogen-bond acceptors (Lipinski definition) is 4. The predicted molar refractivity (Wildman–Crippen MR) is 98.8 cm³/mol. The molecule has 2 fully saturated rings. The Bertz CT molecular complexity index is 874. The van der Waals surface area contributed by atoms with E-state index < -0.39 is 12.0 Å². The first kappa shape index (κ1) is 17.7. The van der Waals surface area contributed by atoms with Gasteiger partial charge < -0.3 is 10.0 Å². The summed E-state index contributed by atoms with van der Waals surface area (Å²) >= 11 is 0. The summed E-state index contributed by atoms with van der Waals surface area (Å²) in [6.45, 7) is 3.87. The molecule has 4 rings (SSSR count). The minimum absolute atomic E-state index is 0.0306. The summed E-state index contributed by atoms with van der Waals surface area (Å²) in [6.07, 6.45) is 6.15. The molecule has 0 spiro atoms. The minimum Gasteiger partial charge on any atom is -0.480 e. The van der Waals surface area contributed by atoms with Gasteiger partial charge in [0.2, 0.25) is 0 Å². The van der Waals surface area contributed by atoms with Crippen molar-refractivity contribution in [1.29, 1.82) is 0 Å². The highest BCUT2D eigenvalue weighted by Gasteiger charge is 2.47. The van der Waals surface area contributed by atoms with Gasteiger partial charge >= 0.3 is 5.97 Å². The molecule has 1 saturated carbocycles. The van der Waals surface area contributed by atoms with E-state index in [-0.39, 0.29) is 11.9 Å². The molecule has 1 aliphatic carbocycles. The molecule has 7 nitrogen and oxygen atoms in total. The van der Waals surface area contributed by atoms with Crippen LogP contribution in [0.5, 0.6) is 0 Å². The standard InChI is InChI=1S/C20H24N4O3/c1-12-9-13(2)24(22-12)18-8-7-15(11-21-18)19(25)23-16-6-4-3-5-14(16)10-17(23)20(26)27/h7-9,11,14,16-17H,3-6,10H2,1-2H3,(H,26,27)/t14-,16-,17-/m0/s1. The van der Waals surface area contributed by atoms with Gasteiger partial charge in [-0.3, -0.25) is 4.79 Å². The summed E-state index contributed by atoms with van der Waals surface area (Å²) in [6, 6.07) is 4.74. The third-order valence-corrected chi connectivity index (χ3v) is 5.83. The van der Waals surface area contributed by atoms with Gasteiger partial charge in [-0.05, 0) is 57.2 Å². The second-order valence-corrected chi connectivity index (χ2v) is 7.66. The van der Waals surface area contributed by atoms with E-state index in [2.05, 4.69) is 10.1 Å². The van der Waals surface area contributed by atoms with Crippen LogP contribution in [-0.2, 0) is 4.79 Å². The molecule has 2 aromatic rings. The summed E-state index contributed by atoms with van der Waals surface area (Å²) in [5.74, 6) is -0.205. The van der Waals surface area contributed by atoms with Gasteiger partial charge in [0, 0.05) is 17.9 Å². The molecule has 1 amide bonds. The topological polar surface area (TPSA) is 88.3 Å². The van der Waals surface area contributed by atoms with E-state index in [9.17, 15) is 14.7 Å². The van der Waals surface area contributed by atoms with Crippen LogP contribution in [0.1, 0.15) is 53.8 Å². The van der Waals surface area contributed by atoms with Gasteiger partial charge in [-0.25, -0.2) is 14.5 Å². The van der Waals surface area contributed by atoms with Crippen LogP contribution in [0, 0.1) is 19.8 Å². The molecule has 3 heterocycles. The van der Waals surface area contributed by atoms with Crippen LogP contribution in [-0.4, -0.2) is 48.7 Å². The smallest absolute Gasteiger partial charge is 0.326 e. The fourth-order valence-corrected chi connectivity index (χ4v) is 4.62. The molecule has 0 bridgehead atoms. The number of carboxylic acid groups (broad SMARTS) is 1. The Hall–Kier alpha value is -2.70. The van der Waals surface area contributed by atoms with Crippen molar-refractivity contribution in [1.82, 2.24) is 19.7 Å². The molecule has 0 unspecified atom stereocenters. The van der Waals surface area contributed by atoms with Crippen LogP contribution in [0.15, 0.2) is 24.4 Å². The first-order valence-electron chi connectivity index (χ1n) is 9.51. The van der Waals surface area contributed by atoms with Crippen molar-refractivity contribution in [2.45, 2.75) is 58.0 Å². The van der Waals surface area contributed by atoms with Crippen LogP contribution < -0.4 is 0 Å². The third kappa shape index (κ3) is 3.11. The molecule has 142 valence electrons. The minimum atomic E-state index is -0.912. The maximum absolute atomic E-state index is 13.1. The molecule has 3 atom stereocenters. The predicted octanol–water partition coefficient (Wildman–Crippen LogP) is 2.74. The van der Waals surface area contributed by atoms with Crippen LogP contribution in [0.4, 0.5) is 0 Å². The Morgan fingerprint density at radius 2 is 1.96 bits per heavy atom. The lowest BCUT2D eigenvalue weighted by molar-refractivity contribution is -0.141. The number of hydrogen-bond donors (Lipinski definition) is 1. The van der Waals surface area contributed by atoms with Crippen LogP contribution in [0.25, 0.3) is 5.82 Å². The Kier molecular flexibility index (Phi) is 4.45. The highest BCUT2D eigenvalue weighted by molar-refractivity contribution is 5.97. The van der Waals surface area contributed by atoms with E-state index in [1.54, 1.807) is 21.7 Å². The summed E-state index contributed by atoms with van der Waals surface area (Å²) in [5, 5.41) is 14.0. The van der Waals surface area contributed by atoms with Crippen molar-refractivity contribution in [3.63, 3.8) is 0 Å². The molecule has 27 heavy (non-hydrogen) atoms. The second kappa shape index (κ2) is 6.79. The van der Waals surface area contributed by atoms with Crippen LogP contribution >= 0.6 is 0 Å². The van der Waals surface area contributed by atoms with Crippen molar-refractivity contribution in [2.75, 3.05) is 0 Å². The Morgan fingerprint density at radius 3 is 2.59 bits per heavy atom. The van der Waals surface area contributed by atoms with E-state index in [1.165, 1.54) is 6.20 Å². The number of carbonyl (C=O) groups excluding carboxylic acids is 1. The zero-order valence-electron chi connectivity index (χ0n) is 15.6. The van der Waals surface area contributed by atoms with E-state index in [0.717, 1.165) is 37.1 Å². The molecule has 2 aliphatic rings. The van der Waals surface area contributed by atoms with Crippen LogP contribution in [0.2, 0.25) is 0 Å². The molecule has 1 N–H and O–H groups in total. The summed E-state index contributed by atoms with van der Waals surface area (Å²) in [5.41, 5.74) is 2.30. The number of carbonyl (C=O) groups is 2. The Balaban J connectivity index is 1.61. The highest BCUT2D eigenvalue weighted by Crippen LogP contribution is 2.40. The number of aromatic nitrogens is 3. The van der Waals surface area contributed by atoms with Crippen LogP contribution in [0.3, 0.4) is 0 Å². The lowest BCUT2D eigenvalue weighted by Crippen LogP contribution is -2.46. The van der Waals surface area contributed by atoms with Gasteiger partial charge in [-0.15, -0.1) is 0 Å². The number of nitrogens with zero attached hydrogens (tertiary/aromatic N) is 4. The summed E-state index contributed by atoms with van der Waals surface area (Å²) in [7, 11) is 0. The number of amides is 1. The molecular formula is C20H24N4O3. The average molecular weight is 368 g/mol. The van der Waals surface area contributed by atoms with Crippen molar-refractivity contribution in [2.24, 2.45) is 5.92 Å². The van der Waals surface area contributed by atoms with Gasteiger partial charge in [0.25, 0.3) is 5.91 Å². The van der Waals surface area contributed by atoms with E-state index in [0.29, 0.717) is 23.7 Å². The molecule has 1 aliphatic heterocycles. The number of aliphatic carboxylic acids is 1. The monoisotopic (exact) mass is 368 g/mol. The number of likely N-dealkylation sites (tertiary alicyclic amines) is 1. The number of rotatable bonds is 3. The number of aryl methyl sites for hydroxylation is 2. The number of pyridine rings is 1. The lowest BCUT2D eigenvalue weighted by Gasteiger charge is -2.33. The zero-order valence-corrected chi connectivity index (χ0v) is 15.6. The van der Waals surface area contributed by atoms with E-state index >= 15 is 0 Å². The second-order valence-electron chi connectivity index (χ2n) is 7.66. The zero-order chi connectivity index (χ0) is 19.1. The lowest BCUT2D eigenvalue weighted by atomic mass is 9.84. The summed E-state index contributed by atoms with van der Waals surface area (Å²) < 4.78 is 1.73. The fraction of sp³-hybridized carbons (Fsp3) is 0.500. The van der Waals surface area contributed by atoms with E-state index in [1.807, 2.05) is 19.9 Å². The van der Waals surface area contributed by atoms with Gasteiger partial charge in [0.1, 0.15) is 6.04 Å². The Morgan fingerprint density at radius 1 is 1.19 bits per heavy atom. The van der Waals surface area contributed by atoms with Gasteiger partial charge in [-0.1, -0.05) is 12.8 Å². The molecule has 2 aromatic heterocycles. The van der Waals surface area contributed by atoms with E-state index in [4.69, 9.17) is 0 Å². The molecule has 1 saturated heterocycles. The van der Waals surface area contributed by atoms with Gasteiger partial charge in [-0.2, -0.15) is 5.10 Å². The van der Waals surface area contributed by atoms with Crippen molar-refractivity contribution in [3.05, 3.63) is 41.3 Å². The first-order chi connectivity index (χ1) is 13.0. The van der Waals surface area contributed by atoms with Crippen molar-refractivity contribution in [3.8, 4) is 5.82 Å². The normalized spacial score (nSPS) is 24.7.